The molecule has 32 heavy (non-hydrogen) atoms. The van der Waals surface area contributed by atoms with Crippen molar-refractivity contribution >= 4 is 49.3 Å². The Morgan fingerprint density at radius 3 is 2.97 bits per heavy atom. The SMILES string of the molecule is Cc1ccc2nc(NC(=O)COc3cccc4ccc(N5CCCCC5C)nc34)sc2c1. The lowest BCUT2D eigenvalue weighted by Gasteiger charge is -2.34. The number of aryl methyl sites for hydroxylation is 1. The summed E-state index contributed by atoms with van der Waals surface area (Å²) in [7, 11) is 0. The van der Waals surface area contributed by atoms with Gasteiger partial charge in [0, 0.05) is 18.0 Å². The third-order valence-corrected chi connectivity index (χ3v) is 6.85. The lowest BCUT2D eigenvalue weighted by Crippen LogP contribution is -2.37. The van der Waals surface area contributed by atoms with E-state index in [1.165, 1.54) is 36.2 Å². The first-order valence-electron chi connectivity index (χ1n) is 11.0. The van der Waals surface area contributed by atoms with Crippen molar-refractivity contribution < 1.29 is 9.53 Å². The molecule has 1 aliphatic rings. The molecule has 4 aromatic rings. The molecule has 1 amide bonds. The van der Waals surface area contributed by atoms with Crippen LogP contribution in [0, 0.1) is 6.92 Å². The number of amides is 1. The molecule has 0 radical (unpaired) electrons. The molecule has 0 spiro atoms. The van der Waals surface area contributed by atoms with Crippen LogP contribution in [0.1, 0.15) is 31.7 Å². The summed E-state index contributed by atoms with van der Waals surface area (Å²) >= 11 is 1.47. The fourth-order valence-corrected chi connectivity index (χ4v) is 5.19. The summed E-state index contributed by atoms with van der Waals surface area (Å²) in [5.41, 5.74) is 2.84. The van der Waals surface area contributed by atoms with Gasteiger partial charge in [-0.3, -0.25) is 10.1 Å². The lowest BCUT2D eigenvalue weighted by atomic mass is 10.0. The molecule has 0 saturated carbocycles. The average Bonchev–Trinajstić information content (AvgIpc) is 3.18. The summed E-state index contributed by atoms with van der Waals surface area (Å²) in [6, 6.07) is 16.5. The Kier molecular flexibility index (Phi) is 5.66. The van der Waals surface area contributed by atoms with Crippen LogP contribution in [0.5, 0.6) is 5.75 Å². The van der Waals surface area contributed by atoms with Crippen molar-refractivity contribution in [1.29, 1.82) is 0 Å². The minimum absolute atomic E-state index is 0.0971. The van der Waals surface area contributed by atoms with Crippen LogP contribution in [0.15, 0.2) is 48.5 Å². The summed E-state index contributed by atoms with van der Waals surface area (Å²) < 4.78 is 6.95. The zero-order valence-corrected chi connectivity index (χ0v) is 19.1. The maximum Gasteiger partial charge on any atom is 0.264 e. The van der Waals surface area contributed by atoms with Gasteiger partial charge >= 0.3 is 0 Å². The van der Waals surface area contributed by atoms with E-state index < -0.39 is 0 Å². The summed E-state index contributed by atoms with van der Waals surface area (Å²) in [5.74, 6) is 1.35. The Balaban J connectivity index is 1.31. The van der Waals surface area contributed by atoms with E-state index in [0.717, 1.165) is 33.5 Å². The standard InChI is InChI=1S/C25H26N4O2S/c1-16-9-11-19-21(14-16)32-25(26-19)28-23(30)15-31-20-8-5-7-18-10-12-22(27-24(18)20)29-13-4-3-6-17(29)2/h5,7-12,14,17H,3-4,6,13,15H2,1-2H3,(H,26,28,30). The van der Waals surface area contributed by atoms with Gasteiger partial charge in [0.2, 0.25) is 0 Å². The second kappa shape index (κ2) is 8.74. The number of carbonyl (C=O) groups is 1. The number of rotatable bonds is 5. The number of aromatic nitrogens is 2. The number of piperidine rings is 1. The van der Waals surface area contributed by atoms with E-state index in [4.69, 9.17) is 9.72 Å². The van der Waals surface area contributed by atoms with Gasteiger partial charge in [-0.2, -0.15) is 0 Å². The number of thiazole rings is 1. The van der Waals surface area contributed by atoms with E-state index in [2.05, 4.69) is 40.3 Å². The van der Waals surface area contributed by atoms with Crippen LogP contribution in [-0.2, 0) is 4.79 Å². The summed E-state index contributed by atoms with van der Waals surface area (Å²) in [5, 5.41) is 4.43. The molecule has 2 aromatic carbocycles. The summed E-state index contributed by atoms with van der Waals surface area (Å²) in [6.45, 7) is 5.22. The number of benzene rings is 2. The quantitative estimate of drug-likeness (QED) is 0.435. The van der Waals surface area contributed by atoms with Gasteiger partial charge in [-0.05, 0) is 69.0 Å². The predicted octanol–water partition coefficient (Wildman–Crippen LogP) is 5.55. The summed E-state index contributed by atoms with van der Waals surface area (Å²) in [6.07, 6.45) is 3.64. The molecule has 3 heterocycles. The molecule has 164 valence electrons. The van der Waals surface area contributed by atoms with Crippen molar-refractivity contribution in [2.75, 3.05) is 23.4 Å². The molecule has 5 rings (SSSR count). The largest absolute Gasteiger partial charge is 0.481 e. The highest BCUT2D eigenvalue weighted by atomic mass is 32.1. The van der Waals surface area contributed by atoms with E-state index >= 15 is 0 Å². The Morgan fingerprint density at radius 1 is 1.19 bits per heavy atom. The molecule has 1 unspecified atom stereocenters. The van der Waals surface area contributed by atoms with Crippen LogP contribution in [0.2, 0.25) is 0 Å². The van der Waals surface area contributed by atoms with Crippen LogP contribution >= 0.6 is 11.3 Å². The first kappa shape index (κ1) is 20.7. The second-order valence-corrected chi connectivity index (χ2v) is 9.39. The third kappa shape index (κ3) is 4.25. The molecule has 1 fully saturated rings. The van der Waals surface area contributed by atoms with Crippen molar-refractivity contribution in [3.63, 3.8) is 0 Å². The van der Waals surface area contributed by atoms with Crippen molar-refractivity contribution in [2.24, 2.45) is 0 Å². The number of ether oxygens (including phenoxy) is 1. The maximum atomic E-state index is 12.5. The molecule has 1 N–H and O–H groups in total. The number of pyridine rings is 1. The summed E-state index contributed by atoms with van der Waals surface area (Å²) in [4.78, 5) is 24.3. The second-order valence-electron chi connectivity index (χ2n) is 8.36. The number of hydrogen-bond acceptors (Lipinski definition) is 6. The number of anilines is 2. The minimum Gasteiger partial charge on any atom is -0.481 e. The third-order valence-electron chi connectivity index (χ3n) is 5.91. The highest BCUT2D eigenvalue weighted by Gasteiger charge is 2.20. The van der Waals surface area contributed by atoms with Crippen LogP contribution in [0.3, 0.4) is 0 Å². The molecule has 1 atom stereocenters. The molecule has 2 aromatic heterocycles. The van der Waals surface area contributed by atoms with E-state index in [1.807, 2.05) is 37.3 Å². The van der Waals surface area contributed by atoms with Gasteiger partial charge in [-0.25, -0.2) is 9.97 Å². The van der Waals surface area contributed by atoms with Crippen LogP contribution < -0.4 is 15.0 Å². The van der Waals surface area contributed by atoms with Gasteiger partial charge in [-0.1, -0.05) is 29.5 Å². The fraction of sp³-hybridized carbons (Fsp3) is 0.320. The van der Waals surface area contributed by atoms with Gasteiger partial charge in [0.15, 0.2) is 11.7 Å². The number of hydrogen-bond donors (Lipinski definition) is 1. The van der Waals surface area contributed by atoms with E-state index in [-0.39, 0.29) is 12.5 Å². The van der Waals surface area contributed by atoms with Gasteiger partial charge in [0.1, 0.15) is 17.1 Å². The van der Waals surface area contributed by atoms with Crippen LogP contribution in [0.4, 0.5) is 10.9 Å². The molecular weight excluding hydrogens is 420 g/mol. The number of nitrogens with one attached hydrogen (secondary N) is 1. The van der Waals surface area contributed by atoms with Gasteiger partial charge in [-0.15, -0.1) is 0 Å². The topological polar surface area (TPSA) is 67.3 Å². The first-order chi connectivity index (χ1) is 15.6. The van der Waals surface area contributed by atoms with Gasteiger partial charge in [0.05, 0.1) is 10.2 Å². The highest BCUT2D eigenvalue weighted by molar-refractivity contribution is 7.22. The van der Waals surface area contributed by atoms with Crippen molar-refractivity contribution in [1.82, 2.24) is 9.97 Å². The van der Waals surface area contributed by atoms with Crippen molar-refractivity contribution in [2.45, 2.75) is 39.2 Å². The van der Waals surface area contributed by atoms with Crippen LogP contribution in [-0.4, -0.2) is 35.1 Å². The average molecular weight is 447 g/mol. The van der Waals surface area contributed by atoms with E-state index in [1.54, 1.807) is 0 Å². The van der Waals surface area contributed by atoms with Crippen molar-refractivity contribution in [3.8, 4) is 5.75 Å². The maximum absolute atomic E-state index is 12.5. The zero-order valence-electron chi connectivity index (χ0n) is 18.3. The van der Waals surface area contributed by atoms with Gasteiger partial charge < -0.3 is 9.64 Å². The molecule has 7 heteroatoms. The monoisotopic (exact) mass is 446 g/mol. The van der Waals surface area contributed by atoms with Gasteiger partial charge in [0.25, 0.3) is 5.91 Å². The van der Waals surface area contributed by atoms with E-state index in [9.17, 15) is 4.79 Å². The smallest absolute Gasteiger partial charge is 0.264 e. The zero-order chi connectivity index (χ0) is 22.1. The van der Waals surface area contributed by atoms with Crippen molar-refractivity contribution in [3.05, 3.63) is 54.1 Å². The Bertz CT molecular complexity index is 1290. The van der Waals surface area contributed by atoms with E-state index in [0.29, 0.717) is 16.9 Å². The lowest BCUT2D eigenvalue weighted by molar-refractivity contribution is -0.118. The van der Waals surface area contributed by atoms with Crippen LogP contribution in [0.25, 0.3) is 21.1 Å². The number of nitrogens with zero attached hydrogens (tertiary/aromatic N) is 3. The molecular formula is C25H26N4O2S. The Morgan fingerprint density at radius 2 is 2.09 bits per heavy atom. The highest BCUT2D eigenvalue weighted by Crippen LogP contribution is 2.30. The number of fused-ring (bicyclic) bond motifs is 2. The molecule has 1 aliphatic heterocycles. The number of carbonyl (C=O) groups excluding carboxylic acids is 1. The normalized spacial score (nSPS) is 16.4. The molecule has 0 aliphatic carbocycles. The Hall–Kier alpha value is -3.19. The molecule has 6 nitrogen and oxygen atoms in total. The minimum atomic E-state index is -0.237. The number of para-hydroxylation sites is 1. The first-order valence-corrected chi connectivity index (χ1v) is 11.8. The Labute approximate surface area is 191 Å². The molecule has 0 bridgehead atoms. The predicted molar refractivity (Wildman–Crippen MR) is 131 cm³/mol. The fourth-order valence-electron chi connectivity index (χ4n) is 4.21. The molecule has 1 saturated heterocycles.